The van der Waals surface area contributed by atoms with E-state index >= 15 is 0 Å². The Morgan fingerprint density at radius 3 is 2.79 bits per heavy atom. The van der Waals surface area contributed by atoms with Crippen molar-refractivity contribution in [1.82, 2.24) is 24.6 Å². The predicted molar refractivity (Wildman–Crippen MR) is 111 cm³/mol. The lowest BCUT2D eigenvalue weighted by molar-refractivity contribution is -0.132. The molecule has 156 valence electrons. The SMILES string of the molecule is COc1cccc(CN2CCc3c(c(CCC(=O)N4CCCCC4)nn3C)C2)n1. The van der Waals surface area contributed by atoms with Crippen molar-refractivity contribution in [3.05, 3.63) is 40.8 Å². The molecule has 4 rings (SSSR count). The lowest BCUT2D eigenvalue weighted by Crippen LogP contribution is -2.35. The molecular formula is C22H31N5O2. The fraction of sp³-hybridized carbons (Fsp3) is 0.591. The van der Waals surface area contributed by atoms with E-state index in [2.05, 4.69) is 9.88 Å². The Balaban J connectivity index is 1.41. The molecule has 7 nitrogen and oxygen atoms in total. The Morgan fingerprint density at radius 1 is 1.17 bits per heavy atom. The second kappa shape index (κ2) is 8.95. The van der Waals surface area contributed by atoms with Crippen molar-refractivity contribution < 1.29 is 9.53 Å². The lowest BCUT2D eigenvalue weighted by atomic mass is 10.0. The van der Waals surface area contributed by atoms with Gasteiger partial charge in [-0.2, -0.15) is 5.10 Å². The second-order valence-electron chi connectivity index (χ2n) is 8.07. The smallest absolute Gasteiger partial charge is 0.222 e. The lowest BCUT2D eigenvalue weighted by Gasteiger charge is -2.28. The number of hydrogen-bond acceptors (Lipinski definition) is 5. The largest absolute Gasteiger partial charge is 0.481 e. The molecule has 2 aromatic heterocycles. The van der Waals surface area contributed by atoms with Crippen LogP contribution in [0.3, 0.4) is 0 Å². The first kappa shape index (κ1) is 19.9. The number of aryl methyl sites for hydroxylation is 2. The molecule has 29 heavy (non-hydrogen) atoms. The molecule has 0 aliphatic carbocycles. The number of likely N-dealkylation sites (tertiary alicyclic amines) is 1. The number of carbonyl (C=O) groups is 1. The van der Waals surface area contributed by atoms with Gasteiger partial charge in [-0.3, -0.25) is 14.4 Å². The summed E-state index contributed by atoms with van der Waals surface area (Å²) in [5, 5.41) is 4.76. The molecule has 2 aliphatic rings. The van der Waals surface area contributed by atoms with Gasteiger partial charge >= 0.3 is 0 Å². The zero-order valence-corrected chi connectivity index (χ0v) is 17.6. The number of amides is 1. The topological polar surface area (TPSA) is 63.5 Å². The third kappa shape index (κ3) is 4.61. The summed E-state index contributed by atoms with van der Waals surface area (Å²) in [6.45, 7) is 4.46. The third-order valence-corrected chi connectivity index (χ3v) is 6.06. The first-order valence-electron chi connectivity index (χ1n) is 10.7. The van der Waals surface area contributed by atoms with E-state index in [1.807, 2.05) is 34.8 Å². The van der Waals surface area contributed by atoms with Crippen LogP contribution in [0.15, 0.2) is 18.2 Å². The van der Waals surface area contributed by atoms with Crippen molar-refractivity contribution >= 4 is 5.91 Å². The average Bonchev–Trinajstić information content (AvgIpc) is 3.07. The van der Waals surface area contributed by atoms with E-state index in [-0.39, 0.29) is 5.91 Å². The molecule has 0 atom stereocenters. The highest BCUT2D eigenvalue weighted by Crippen LogP contribution is 2.25. The summed E-state index contributed by atoms with van der Waals surface area (Å²) in [6, 6.07) is 5.90. The van der Waals surface area contributed by atoms with Crippen molar-refractivity contribution in [3.63, 3.8) is 0 Å². The highest BCUT2D eigenvalue weighted by Gasteiger charge is 2.25. The molecule has 0 bridgehead atoms. The van der Waals surface area contributed by atoms with Gasteiger partial charge in [0.25, 0.3) is 0 Å². The van der Waals surface area contributed by atoms with Crippen LogP contribution in [0.5, 0.6) is 5.88 Å². The number of fused-ring (bicyclic) bond motifs is 1. The van der Waals surface area contributed by atoms with Gasteiger partial charge in [-0.15, -0.1) is 0 Å². The summed E-state index contributed by atoms with van der Waals surface area (Å²) >= 11 is 0. The number of piperidine rings is 1. The normalized spacial score (nSPS) is 17.2. The molecule has 1 saturated heterocycles. The Morgan fingerprint density at radius 2 is 2.00 bits per heavy atom. The van der Waals surface area contributed by atoms with Crippen LogP contribution in [0.4, 0.5) is 0 Å². The van der Waals surface area contributed by atoms with Crippen molar-refractivity contribution in [1.29, 1.82) is 0 Å². The summed E-state index contributed by atoms with van der Waals surface area (Å²) in [7, 11) is 3.67. The van der Waals surface area contributed by atoms with E-state index in [0.717, 1.165) is 69.8 Å². The van der Waals surface area contributed by atoms with E-state index in [1.54, 1.807) is 7.11 Å². The molecular weight excluding hydrogens is 366 g/mol. The van der Waals surface area contributed by atoms with Gasteiger partial charge in [0.2, 0.25) is 11.8 Å². The summed E-state index contributed by atoms with van der Waals surface area (Å²) in [5.41, 5.74) is 4.70. The highest BCUT2D eigenvalue weighted by molar-refractivity contribution is 5.76. The quantitative estimate of drug-likeness (QED) is 0.749. The molecule has 0 spiro atoms. The molecule has 0 aromatic carbocycles. The highest BCUT2D eigenvalue weighted by atomic mass is 16.5. The van der Waals surface area contributed by atoms with E-state index in [0.29, 0.717) is 12.3 Å². The maximum absolute atomic E-state index is 12.6. The van der Waals surface area contributed by atoms with Crippen LogP contribution in [-0.2, 0) is 37.8 Å². The molecule has 0 N–H and O–H groups in total. The maximum Gasteiger partial charge on any atom is 0.222 e. The van der Waals surface area contributed by atoms with Crippen LogP contribution in [0.25, 0.3) is 0 Å². The fourth-order valence-electron chi connectivity index (χ4n) is 4.48. The van der Waals surface area contributed by atoms with Crippen LogP contribution in [0, 0.1) is 0 Å². The maximum atomic E-state index is 12.6. The van der Waals surface area contributed by atoms with Crippen LogP contribution in [0.1, 0.15) is 48.3 Å². The Labute approximate surface area is 172 Å². The van der Waals surface area contributed by atoms with Crippen molar-refractivity contribution in [2.24, 2.45) is 7.05 Å². The molecule has 1 amide bonds. The zero-order chi connectivity index (χ0) is 20.2. The Bertz CT molecular complexity index is 857. The molecule has 0 unspecified atom stereocenters. The van der Waals surface area contributed by atoms with Gasteiger partial charge in [-0.05, 0) is 25.3 Å². The van der Waals surface area contributed by atoms with Crippen molar-refractivity contribution in [3.8, 4) is 5.88 Å². The van der Waals surface area contributed by atoms with Crippen LogP contribution in [0.2, 0.25) is 0 Å². The number of ether oxygens (including phenoxy) is 1. The molecule has 1 fully saturated rings. The number of nitrogens with zero attached hydrogens (tertiary/aromatic N) is 5. The summed E-state index contributed by atoms with van der Waals surface area (Å²) < 4.78 is 7.26. The Kier molecular flexibility index (Phi) is 6.13. The van der Waals surface area contributed by atoms with Crippen molar-refractivity contribution in [2.45, 2.75) is 51.6 Å². The monoisotopic (exact) mass is 397 g/mol. The fourth-order valence-corrected chi connectivity index (χ4v) is 4.48. The van der Waals surface area contributed by atoms with Crippen LogP contribution in [-0.4, -0.2) is 57.2 Å². The minimum Gasteiger partial charge on any atom is -0.481 e. The Hall–Kier alpha value is -2.41. The number of pyridine rings is 1. The number of rotatable bonds is 6. The minimum atomic E-state index is 0.275. The molecule has 4 heterocycles. The molecule has 0 radical (unpaired) electrons. The number of hydrogen-bond donors (Lipinski definition) is 0. The van der Waals surface area contributed by atoms with Gasteiger partial charge in [0.1, 0.15) is 0 Å². The third-order valence-electron chi connectivity index (χ3n) is 6.06. The van der Waals surface area contributed by atoms with E-state index in [1.165, 1.54) is 17.7 Å². The van der Waals surface area contributed by atoms with Gasteiger partial charge in [0, 0.05) is 76.4 Å². The molecule has 2 aromatic rings. The van der Waals surface area contributed by atoms with Gasteiger partial charge in [-0.1, -0.05) is 6.07 Å². The van der Waals surface area contributed by atoms with Gasteiger partial charge in [0.15, 0.2) is 0 Å². The van der Waals surface area contributed by atoms with Gasteiger partial charge in [-0.25, -0.2) is 4.98 Å². The number of methoxy groups -OCH3 is 1. The molecule has 2 aliphatic heterocycles. The average molecular weight is 398 g/mol. The number of carbonyl (C=O) groups excluding carboxylic acids is 1. The summed E-state index contributed by atoms with van der Waals surface area (Å²) in [6.07, 6.45) is 5.78. The molecule has 0 saturated carbocycles. The number of aromatic nitrogens is 3. The van der Waals surface area contributed by atoms with Gasteiger partial charge < -0.3 is 9.64 Å². The van der Waals surface area contributed by atoms with Crippen LogP contribution < -0.4 is 4.74 Å². The van der Waals surface area contributed by atoms with E-state index in [9.17, 15) is 4.79 Å². The van der Waals surface area contributed by atoms with E-state index < -0.39 is 0 Å². The first-order chi connectivity index (χ1) is 14.1. The summed E-state index contributed by atoms with van der Waals surface area (Å²) in [5.74, 6) is 0.927. The molecule has 7 heteroatoms. The van der Waals surface area contributed by atoms with Crippen molar-refractivity contribution in [2.75, 3.05) is 26.7 Å². The predicted octanol–water partition coefficient (Wildman–Crippen LogP) is 2.33. The minimum absolute atomic E-state index is 0.275. The second-order valence-corrected chi connectivity index (χ2v) is 8.07. The standard InChI is InChI=1S/C22H31N5O2/c1-25-20-11-14-26(15-17-7-6-8-21(23-17)29-2)16-18(20)19(24-25)9-10-22(28)27-12-4-3-5-13-27/h6-8H,3-5,9-16H2,1-2H3. The first-order valence-corrected chi connectivity index (χ1v) is 10.7. The van der Waals surface area contributed by atoms with E-state index in [4.69, 9.17) is 9.84 Å². The summed E-state index contributed by atoms with van der Waals surface area (Å²) in [4.78, 5) is 21.6. The van der Waals surface area contributed by atoms with Crippen LogP contribution >= 0.6 is 0 Å². The van der Waals surface area contributed by atoms with Gasteiger partial charge in [0.05, 0.1) is 18.5 Å². The zero-order valence-electron chi connectivity index (χ0n) is 17.6.